The molecule has 3 rings (SSSR count). The van der Waals surface area contributed by atoms with Gasteiger partial charge in [0.25, 0.3) is 0 Å². The van der Waals surface area contributed by atoms with E-state index in [4.69, 9.17) is 0 Å². The maximum absolute atomic E-state index is 12.7. The lowest BCUT2D eigenvalue weighted by Gasteiger charge is -2.46. The Morgan fingerprint density at radius 1 is 1.00 bits per heavy atom. The van der Waals surface area contributed by atoms with E-state index >= 15 is 0 Å². The van der Waals surface area contributed by atoms with Crippen LogP contribution in [0.5, 0.6) is 0 Å². The van der Waals surface area contributed by atoms with E-state index in [1.807, 2.05) is 9.80 Å². The van der Waals surface area contributed by atoms with Crippen LogP contribution in [-0.4, -0.2) is 46.8 Å². The van der Waals surface area contributed by atoms with Gasteiger partial charge in [-0.15, -0.1) is 0 Å². The lowest BCUT2D eigenvalue weighted by molar-refractivity contribution is -0.160. The quantitative estimate of drug-likeness (QED) is 0.802. The smallest absolute Gasteiger partial charge is 0.246 e. The summed E-state index contributed by atoms with van der Waals surface area (Å²) in [6.45, 7) is 3.36. The summed E-state index contributed by atoms with van der Waals surface area (Å²) in [5.41, 5.74) is 0. The van der Waals surface area contributed by atoms with Crippen LogP contribution < -0.4 is 0 Å². The molecule has 0 radical (unpaired) electrons. The lowest BCUT2D eigenvalue weighted by Crippen LogP contribution is -2.63. The number of fused-ring (bicyclic) bond motifs is 1. The highest BCUT2D eigenvalue weighted by Crippen LogP contribution is 2.33. The first kappa shape index (κ1) is 14.9. The summed E-state index contributed by atoms with van der Waals surface area (Å²) in [4.78, 5) is 28.8. The molecule has 1 atom stereocenters. The first-order valence-electron chi connectivity index (χ1n) is 8.80. The summed E-state index contributed by atoms with van der Waals surface area (Å²) in [5, 5.41) is 0. The van der Waals surface area contributed by atoms with Crippen molar-refractivity contribution in [1.82, 2.24) is 9.80 Å². The van der Waals surface area contributed by atoms with Gasteiger partial charge >= 0.3 is 0 Å². The van der Waals surface area contributed by atoms with Crippen LogP contribution in [0.2, 0.25) is 0 Å². The average Bonchev–Trinajstić information content (AvgIpc) is 2.52. The molecule has 118 valence electrons. The van der Waals surface area contributed by atoms with E-state index in [1.165, 1.54) is 25.7 Å². The second-order valence-electron chi connectivity index (χ2n) is 7.03. The lowest BCUT2D eigenvalue weighted by atomic mass is 9.82. The van der Waals surface area contributed by atoms with Gasteiger partial charge in [-0.3, -0.25) is 9.59 Å². The van der Waals surface area contributed by atoms with Crippen LogP contribution in [0, 0.1) is 5.92 Å². The molecule has 0 aromatic heterocycles. The van der Waals surface area contributed by atoms with Crippen molar-refractivity contribution >= 4 is 11.8 Å². The average molecular weight is 292 g/mol. The van der Waals surface area contributed by atoms with Gasteiger partial charge in [-0.05, 0) is 50.9 Å². The number of piperazine rings is 1. The van der Waals surface area contributed by atoms with Gasteiger partial charge in [0, 0.05) is 12.6 Å². The largest absolute Gasteiger partial charge is 0.329 e. The third kappa shape index (κ3) is 2.95. The van der Waals surface area contributed by atoms with Gasteiger partial charge in [0.1, 0.15) is 12.6 Å². The van der Waals surface area contributed by atoms with Gasteiger partial charge in [-0.25, -0.2) is 0 Å². The minimum atomic E-state index is -0.145. The van der Waals surface area contributed by atoms with E-state index in [9.17, 15) is 9.59 Å². The number of piperidine rings is 1. The van der Waals surface area contributed by atoms with E-state index in [1.54, 1.807) is 0 Å². The standard InChI is InChI=1S/C17H28N2O2/c1-2-5-13-7-9-14(10-8-13)19-12-16(20)18-11-4-3-6-15(18)17(19)21/h13-15H,2-12H2,1H3. The Labute approximate surface area is 127 Å². The fraction of sp³-hybridized carbons (Fsp3) is 0.882. The summed E-state index contributed by atoms with van der Waals surface area (Å²) < 4.78 is 0. The molecule has 1 aliphatic carbocycles. The summed E-state index contributed by atoms with van der Waals surface area (Å²) in [6.07, 6.45) is 10.2. The van der Waals surface area contributed by atoms with Gasteiger partial charge in [0.05, 0.1) is 0 Å². The van der Waals surface area contributed by atoms with Crippen LogP contribution >= 0.6 is 0 Å². The third-order valence-corrected chi connectivity index (χ3v) is 5.65. The number of rotatable bonds is 3. The first-order chi connectivity index (χ1) is 10.2. The Kier molecular flexibility index (Phi) is 4.51. The van der Waals surface area contributed by atoms with Crippen LogP contribution in [-0.2, 0) is 9.59 Å². The molecule has 21 heavy (non-hydrogen) atoms. The van der Waals surface area contributed by atoms with Crippen molar-refractivity contribution in [2.45, 2.75) is 76.8 Å². The summed E-state index contributed by atoms with van der Waals surface area (Å²) in [5.74, 6) is 1.25. The van der Waals surface area contributed by atoms with Crippen LogP contribution in [0.4, 0.5) is 0 Å². The predicted molar refractivity (Wildman–Crippen MR) is 81.7 cm³/mol. The van der Waals surface area contributed by atoms with E-state index in [0.717, 1.165) is 44.6 Å². The minimum absolute atomic E-state index is 0.145. The molecule has 2 heterocycles. The zero-order valence-corrected chi connectivity index (χ0v) is 13.2. The van der Waals surface area contributed by atoms with E-state index in [0.29, 0.717) is 12.6 Å². The maximum atomic E-state index is 12.7. The fourth-order valence-electron chi connectivity index (χ4n) is 4.46. The molecule has 1 saturated carbocycles. The summed E-state index contributed by atoms with van der Waals surface area (Å²) >= 11 is 0. The molecule has 4 heteroatoms. The van der Waals surface area contributed by atoms with Crippen molar-refractivity contribution in [3.8, 4) is 0 Å². The number of hydrogen-bond acceptors (Lipinski definition) is 2. The topological polar surface area (TPSA) is 40.6 Å². The van der Waals surface area contributed by atoms with Gasteiger partial charge in [-0.1, -0.05) is 19.8 Å². The Hall–Kier alpha value is -1.06. The molecular formula is C17H28N2O2. The van der Waals surface area contributed by atoms with Gasteiger partial charge < -0.3 is 9.80 Å². The highest BCUT2D eigenvalue weighted by molar-refractivity contribution is 5.95. The Morgan fingerprint density at radius 2 is 1.76 bits per heavy atom. The molecule has 0 aromatic rings. The SMILES string of the molecule is CCCC1CCC(N2CC(=O)N3CCCCC3C2=O)CC1. The van der Waals surface area contributed by atoms with Crippen molar-refractivity contribution in [1.29, 1.82) is 0 Å². The highest BCUT2D eigenvalue weighted by Gasteiger charge is 2.43. The number of carbonyl (C=O) groups excluding carboxylic acids is 2. The van der Waals surface area contributed by atoms with Crippen LogP contribution in [0.1, 0.15) is 64.7 Å². The zero-order valence-electron chi connectivity index (χ0n) is 13.2. The summed E-state index contributed by atoms with van der Waals surface area (Å²) in [6, 6.07) is 0.173. The van der Waals surface area contributed by atoms with Crippen molar-refractivity contribution in [2.24, 2.45) is 5.92 Å². The number of amides is 2. The fourth-order valence-corrected chi connectivity index (χ4v) is 4.46. The van der Waals surface area contributed by atoms with E-state index in [2.05, 4.69) is 6.92 Å². The monoisotopic (exact) mass is 292 g/mol. The highest BCUT2D eigenvalue weighted by atomic mass is 16.2. The third-order valence-electron chi connectivity index (χ3n) is 5.65. The second kappa shape index (κ2) is 6.37. The molecule has 0 N–H and O–H groups in total. The molecule has 2 saturated heterocycles. The molecule has 4 nitrogen and oxygen atoms in total. The van der Waals surface area contributed by atoms with Crippen LogP contribution in [0.15, 0.2) is 0 Å². The van der Waals surface area contributed by atoms with Crippen LogP contribution in [0.3, 0.4) is 0 Å². The molecule has 2 amide bonds. The molecule has 2 aliphatic heterocycles. The Bertz CT molecular complexity index is 402. The number of hydrogen-bond donors (Lipinski definition) is 0. The van der Waals surface area contributed by atoms with Gasteiger partial charge in [0.15, 0.2) is 0 Å². The Morgan fingerprint density at radius 3 is 2.48 bits per heavy atom. The number of carbonyl (C=O) groups is 2. The molecular weight excluding hydrogens is 264 g/mol. The van der Waals surface area contributed by atoms with Gasteiger partial charge in [-0.2, -0.15) is 0 Å². The van der Waals surface area contributed by atoms with Crippen molar-refractivity contribution in [3.63, 3.8) is 0 Å². The normalized spacial score (nSPS) is 34.0. The number of nitrogens with zero attached hydrogens (tertiary/aromatic N) is 2. The van der Waals surface area contributed by atoms with Crippen molar-refractivity contribution in [3.05, 3.63) is 0 Å². The molecule has 0 spiro atoms. The van der Waals surface area contributed by atoms with Crippen molar-refractivity contribution in [2.75, 3.05) is 13.1 Å². The Balaban J connectivity index is 1.63. The summed E-state index contributed by atoms with van der Waals surface area (Å²) in [7, 11) is 0. The maximum Gasteiger partial charge on any atom is 0.246 e. The molecule has 1 unspecified atom stereocenters. The first-order valence-corrected chi connectivity index (χ1v) is 8.80. The second-order valence-corrected chi connectivity index (χ2v) is 7.03. The van der Waals surface area contributed by atoms with Gasteiger partial charge in [0.2, 0.25) is 11.8 Å². The molecule has 0 aromatic carbocycles. The molecule has 3 fully saturated rings. The predicted octanol–water partition coefficient (Wildman–Crippen LogP) is 2.57. The zero-order chi connectivity index (χ0) is 14.8. The van der Waals surface area contributed by atoms with Crippen LogP contribution in [0.25, 0.3) is 0 Å². The molecule has 0 bridgehead atoms. The minimum Gasteiger partial charge on any atom is -0.329 e. The van der Waals surface area contributed by atoms with E-state index in [-0.39, 0.29) is 17.9 Å². The van der Waals surface area contributed by atoms with Crippen molar-refractivity contribution < 1.29 is 9.59 Å². The van der Waals surface area contributed by atoms with E-state index < -0.39 is 0 Å². The molecule has 3 aliphatic rings.